The molecule has 0 saturated carbocycles. The second kappa shape index (κ2) is 6.31. The van der Waals surface area contributed by atoms with Crippen molar-refractivity contribution >= 4 is 12.1 Å². The molecule has 0 aromatic heterocycles. The van der Waals surface area contributed by atoms with Gasteiger partial charge in [-0.2, -0.15) is 0 Å². The molecule has 3 N–H and O–H groups in total. The lowest BCUT2D eigenvalue weighted by molar-refractivity contribution is -0.148. The van der Waals surface area contributed by atoms with Crippen LogP contribution in [-0.4, -0.2) is 48.3 Å². The summed E-state index contributed by atoms with van der Waals surface area (Å²) in [5, 5.41) is 20.8. The number of carbonyl (C=O) groups excluding carboxylic acids is 1. The summed E-state index contributed by atoms with van der Waals surface area (Å²) in [5.41, 5.74) is 0.681. The number of aliphatic carboxylic acids is 1. The van der Waals surface area contributed by atoms with E-state index < -0.39 is 24.2 Å². The second-order valence-electron chi connectivity index (χ2n) is 4.42. The van der Waals surface area contributed by atoms with Gasteiger partial charge >= 0.3 is 12.1 Å². The quantitative estimate of drug-likeness (QED) is 0.707. The third kappa shape index (κ3) is 3.54. The van der Waals surface area contributed by atoms with Gasteiger partial charge in [-0.05, 0) is 24.1 Å². The standard InChI is InChI=1S/C13H15NO7/c1-19-13(18)14-8(11(15)12(16)17)4-7-2-3-9-10(5-7)21-6-20-9/h2-3,5,8,11,15H,4,6H2,1H3,(H,14,18)(H,16,17). The number of benzene rings is 1. The Labute approximate surface area is 120 Å². The SMILES string of the molecule is COC(=O)NC(Cc1ccc2c(c1)OCO2)C(O)C(=O)O. The van der Waals surface area contributed by atoms with E-state index in [1.54, 1.807) is 18.2 Å². The highest BCUT2D eigenvalue weighted by molar-refractivity contribution is 5.75. The Kier molecular flexibility index (Phi) is 4.49. The Bertz CT molecular complexity index is 545. The van der Waals surface area contributed by atoms with Crippen LogP contribution in [0.1, 0.15) is 5.56 Å². The molecule has 114 valence electrons. The number of rotatable bonds is 5. The van der Waals surface area contributed by atoms with Crippen LogP contribution in [0.4, 0.5) is 4.79 Å². The van der Waals surface area contributed by atoms with E-state index in [0.717, 1.165) is 7.11 Å². The largest absolute Gasteiger partial charge is 0.479 e. The lowest BCUT2D eigenvalue weighted by atomic mass is 10.0. The van der Waals surface area contributed by atoms with E-state index in [0.29, 0.717) is 17.1 Å². The molecule has 2 rings (SSSR count). The van der Waals surface area contributed by atoms with Gasteiger partial charge in [0.25, 0.3) is 0 Å². The number of alkyl carbamates (subject to hydrolysis) is 1. The Morgan fingerprint density at radius 2 is 2.10 bits per heavy atom. The van der Waals surface area contributed by atoms with Gasteiger partial charge in [0.05, 0.1) is 13.2 Å². The highest BCUT2D eigenvalue weighted by atomic mass is 16.7. The molecule has 0 bridgehead atoms. The maximum atomic E-state index is 11.2. The molecule has 1 aromatic rings. The van der Waals surface area contributed by atoms with Gasteiger partial charge < -0.3 is 29.7 Å². The van der Waals surface area contributed by atoms with Gasteiger partial charge in [-0.25, -0.2) is 9.59 Å². The van der Waals surface area contributed by atoms with Gasteiger partial charge in [-0.1, -0.05) is 6.07 Å². The number of carboxylic acid groups (broad SMARTS) is 1. The number of ether oxygens (including phenoxy) is 3. The molecule has 0 saturated heterocycles. The molecular formula is C13H15NO7. The van der Waals surface area contributed by atoms with Gasteiger partial charge in [0, 0.05) is 0 Å². The molecule has 1 aliphatic rings. The molecule has 8 nitrogen and oxygen atoms in total. The Morgan fingerprint density at radius 3 is 2.76 bits per heavy atom. The van der Waals surface area contributed by atoms with E-state index in [4.69, 9.17) is 14.6 Å². The van der Waals surface area contributed by atoms with Gasteiger partial charge in [-0.15, -0.1) is 0 Å². The van der Waals surface area contributed by atoms with Crippen LogP contribution < -0.4 is 14.8 Å². The molecule has 0 spiro atoms. The minimum atomic E-state index is -1.76. The molecule has 2 atom stereocenters. The van der Waals surface area contributed by atoms with Crippen LogP contribution in [0.5, 0.6) is 11.5 Å². The maximum absolute atomic E-state index is 11.2. The summed E-state index contributed by atoms with van der Waals surface area (Å²) in [5.74, 6) is -0.304. The first-order valence-electron chi connectivity index (χ1n) is 6.15. The van der Waals surface area contributed by atoms with Crippen molar-refractivity contribution in [3.63, 3.8) is 0 Å². The molecule has 2 unspecified atom stereocenters. The van der Waals surface area contributed by atoms with Crippen molar-refractivity contribution in [3.05, 3.63) is 23.8 Å². The Balaban J connectivity index is 2.13. The monoisotopic (exact) mass is 297 g/mol. The zero-order valence-corrected chi connectivity index (χ0v) is 11.2. The number of amides is 1. The first kappa shape index (κ1) is 14.9. The minimum absolute atomic E-state index is 0.0964. The zero-order chi connectivity index (χ0) is 15.4. The fourth-order valence-corrected chi connectivity index (χ4v) is 1.95. The maximum Gasteiger partial charge on any atom is 0.407 e. The molecule has 21 heavy (non-hydrogen) atoms. The topological polar surface area (TPSA) is 114 Å². The first-order valence-corrected chi connectivity index (χ1v) is 6.15. The predicted molar refractivity (Wildman–Crippen MR) is 69.2 cm³/mol. The summed E-state index contributed by atoms with van der Waals surface area (Å²) < 4.78 is 14.8. The van der Waals surface area contributed by atoms with E-state index in [1.807, 2.05) is 0 Å². The normalized spacial score (nSPS) is 15.1. The van der Waals surface area contributed by atoms with Crippen molar-refractivity contribution in [2.45, 2.75) is 18.6 Å². The van der Waals surface area contributed by atoms with Crippen LogP contribution in [0, 0.1) is 0 Å². The highest BCUT2D eigenvalue weighted by Gasteiger charge is 2.28. The van der Waals surface area contributed by atoms with Crippen molar-refractivity contribution in [2.24, 2.45) is 0 Å². The number of aliphatic hydroxyl groups excluding tert-OH is 1. The summed E-state index contributed by atoms with van der Waals surface area (Å²) in [6, 6.07) is 4.02. The van der Waals surface area contributed by atoms with Crippen LogP contribution >= 0.6 is 0 Å². The summed E-state index contributed by atoms with van der Waals surface area (Å²) in [7, 11) is 1.15. The summed E-state index contributed by atoms with van der Waals surface area (Å²) in [6.07, 6.45) is -2.48. The van der Waals surface area contributed by atoms with Crippen molar-refractivity contribution in [1.29, 1.82) is 0 Å². The fourth-order valence-electron chi connectivity index (χ4n) is 1.95. The smallest absolute Gasteiger partial charge is 0.407 e. The van der Waals surface area contributed by atoms with E-state index >= 15 is 0 Å². The average Bonchev–Trinajstić information content (AvgIpc) is 2.92. The van der Waals surface area contributed by atoms with Crippen LogP contribution in [-0.2, 0) is 16.0 Å². The van der Waals surface area contributed by atoms with Gasteiger partial charge in [0.1, 0.15) is 0 Å². The third-order valence-corrected chi connectivity index (χ3v) is 3.02. The summed E-state index contributed by atoms with van der Waals surface area (Å²) in [4.78, 5) is 22.1. The molecule has 0 fully saturated rings. The number of hydrogen-bond donors (Lipinski definition) is 3. The number of methoxy groups -OCH3 is 1. The Hall–Kier alpha value is -2.48. The van der Waals surface area contributed by atoms with Crippen molar-refractivity contribution in [3.8, 4) is 11.5 Å². The molecule has 1 aromatic carbocycles. The Morgan fingerprint density at radius 1 is 1.38 bits per heavy atom. The summed E-state index contributed by atoms with van der Waals surface area (Å²) in [6.45, 7) is 0.125. The first-order chi connectivity index (χ1) is 10.0. The molecular weight excluding hydrogens is 282 g/mol. The van der Waals surface area contributed by atoms with Crippen LogP contribution in [0.25, 0.3) is 0 Å². The number of carboxylic acids is 1. The fraction of sp³-hybridized carbons (Fsp3) is 0.385. The number of nitrogens with one attached hydrogen (secondary N) is 1. The molecule has 1 aliphatic heterocycles. The second-order valence-corrected chi connectivity index (χ2v) is 4.42. The van der Waals surface area contributed by atoms with E-state index in [2.05, 4.69) is 10.1 Å². The predicted octanol–water partition coefficient (Wildman–Crippen LogP) is 0.128. The van der Waals surface area contributed by atoms with E-state index in [9.17, 15) is 14.7 Å². The molecule has 1 heterocycles. The number of hydrogen-bond acceptors (Lipinski definition) is 6. The lowest BCUT2D eigenvalue weighted by Gasteiger charge is -2.20. The van der Waals surface area contributed by atoms with Crippen molar-refractivity contribution in [2.75, 3.05) is 13.9 Å². The molecule has 0 radical (unpaired) electrons. The number of fused-ring (bicyclic) bond motifs is 1. The number of carbonyl (C=O) groups is 2. The highest BCUT2D eigenvalue weighted by Crippen LogP contribution is 2.32. The minimum Gasteiger partial charge on any atom is -0.479 e. The third-order valence-electron chi connectivity index (χ3n) is 3.02. The van der Waals surface area contributed by atoms with Crippen molar-refractivity contribution in [1.82, 2.24) is 5.32 Å². The average molecular weight is 297 g/mol. The number of aliphatic hydroxyl groups is 1. The van der Waals surface area contributed by atoms with Crippen LogP contribution in [0.2, 0.25) is 0 Å². The van der Waals surface area contributed by atoms with Gasteiger partial charge in [-0.3, -0.25) is 0 Å². The zero-order valence-electron chi connectivity index (χ0n) is 11.2. The van der Waals surface area contributed by atoms with Crippen LogP contribution in [0.3, 0.4) is 0 Å². The summed E-state index contributed by atoms with van der Waals surface area (Å²) >= 11 is 0. The van der Waals surface area contributed by atoms with Gasteiger partial charge in [0.2, 0.25) is 6.79 Å². The van der Waals surface area contributed by atoms with Crippen LogP contribution in [0.15, 0.2) is 18.2 Å². The molecule has 1 amide bonds. The lowest BCUT2D eigenvalue weighted by Crippen LogP contribution is -2.48. The van der Waals surface area contributed by atoms with E-state index in [-0.39, 0.29) is 13.2 Å². The molecule has 0 aliphatic carbocycles. The van der Waals surface area contributed by atoms with Gasteiger partial charge in [0.15, 0.2) is 17.6 Å². The van der Waals surface area contributed by atoms with E-state index in [1.165, 1.54) is 0 Å². The molecule has 8 heteroatoms. The van der Waals surface area contributed by atoms with Crippen molar-refractivity contribution < 1.29 is 34.0 Å².